The van der Waals surface area contributed by atoms with Crippen LogP contribution in [0.15, 0.2) is 42.6 Å². The second kappa shape index (κ2) is 9.82. The summed E-state index contributed by atoms with van der Waals surface area (Å²) < 4.78 is 0. The van der Waals surface area contributed by atoms with E-state index < -0.39 is 4.92 Å². The van der Waals surface area contributed by atoms with Crippen LogP contribution in [-0.2, 0) is 4.79 Å². The van der Waals surface area contributed by atoms with Crippen LogP contribution in [0, 0.1) is 10.1 Å². The van der Waals surface area contributed by atoms with Gasteiger partial charge in [-0.05, 0) is 43.4 Å². The number of carbonyl (C=O) groups is 1. The lowest BCUT2D eigenvalue weighted by Crippen LogP contribution is -2.39. The lowest BCUT2D eigenvalue weighted by molar-refractivity contribution is -0.384. The Morgan fingerprint density at radius 3 is 2.63 bits per heavy atom. The van der Waals surface area contributed by atoms with E-state index in [0.717, 1.165) is 31.5 Å². The van der Waals surface area contributed by atoms with Crippen molar-refractivity contribution in [3.05, 3.63) is 58.3 Å². The van der Waals surface area contributed by atoms with Gasteiger partial charge in [0.05, 0.1) is 4.92 Å². The number of amides is 1. The van der Waals surface area contributed by atoms with Crippen molar-refractivity contribution in [3.8, 4) is 0 Å². The minimum atomic E-state index is -0.453. The lowest BCUT2D eigenvalue weighted by atomic mass is 9.91. The molecule has 0 saturated heterocycles. The number of nitro groups is 1. The van der Waals surface area contributed by atoms with Crippen LogP contribution in [0.4, 0.5) is 17.5 Å². The third-order valence-electron chi connectivity index (χ3n) is 5.01. The molecule has 3 rings (SSSR count). The van der Waals surface area contributed by atoms with Gasteiger partial charge in [0.2, 0.25) is 11.9 Å². The summed E-state index contributed by atoms with van der Waals surface area (Å²) in [5.41, 5.74) is 0.621. The molecule has 0 spiro atoms. The number of hydrogen-bond donors (Lipinski definition) is 2. The Bertz CT molecular complexity index is 922. The summed E-state index contributed by atoms with van der Waals surface area (Å²) in [6, 6.07) is 8.43. The van der Waals surface area contributed by atoms with Crippen LogP contribution in [0.5, 0.6) is 0 Å². The third-order valence-corrected chi connectivity index (χ3v) is 5.01. The predicted octanol–water partition coefficient (Wildman–Crippen LogP) is 3.00. The quantitative estimate of drug-likeness (QED) is 0.410. The maximum Gasteiger partial charge on any atom is 0.270 e. The van der Waals surface area contributed by atoms with Crippen molar-refractivity contribution in [3.63, 3.8) is 0 Å². The highest BCUT2D eigenvalue weighted by atomic mass is 16.6. The molecule has 158 valence electrons. The molecule has 2 N–H and O–H groups in total. The first-order valence-corrected chi connectivity index (χ1v) is 9.90. The van der Waals surface area contributed by atoms with E-state index in [1.807, 2.05) is 25.1 Å². The molecule has 1 aromatic heterocycles. The zero-order valence-corrected chi connectivity index (χ0v) is 17.1. The summed E-state index contributed by atoms with van der Waals surface area (Å²) in [7, 11) is 3.88. The summed E-state index contributed by atoms with van der Waals surface area (Å²) >= 11 is 0. The van der Waals surface area contributed by atoms with E-state index in [2.05, 4.69) is 20.6 Å². The van der Waals surface area contributed by atoms with E-state index in [1.54, 1.807) is 24.4 Å². The van der Waals surface area contributed by atoms with E-state index in [4.69, 9.17) is 0 Å². The number of non-ortho nitro benzene ring substituents is 1. The smallest absolute Gasteiger partial charge is 0.270 e. The molecular weight excluding hydrogens is 384 g/mol. The summed E-state index contributed by atoms with van der Waals surface area (Å²) in [6.45, 7) is 0. The normalized spacial score (nSPS) is 18.7. The molecule has 0 bridgehead atoms. The average molecular weight is 410 g/mol. The number of hydrogen-bond acceptors (Lipinski definition) is 7. The molecule has 1 aromatic carbocycles. The molecule has 0 unspecified atom stereocenters. The molecule has 1 aliphatic carbocycles. The second-order valence-electron chi connectivity index (χ2n) is 7.52. The van der Waals surface area contributed by atoms with Crippen LogP contribution in [-0.4, -0.2) is 47.0 Å². The van der Waals surface area contributed by atoms with Gasteiger partial charge >= 0.3 is 0 Å². The third kappa shape index (κ3) is 6.00. The Morgan fingerprint density at radius 2 is 1.93 bits per heavy atom. The number of nitrogens with one attached hydrogen (secondary N) is 2. The zero-order valence-electron chi connectivity index (χ0n) is 17.1. The molecule has 9 heteroatoms. The highest BCUT2D eigenvalue weighted by molar-refractivity contribution is 5.92. The van der Waals surface area contributed by atoms with Gasteiger partial charge in [-0.1, -0.05) is 12.1 Å². The fourth-order valence-corrected chi connectivity index (χ4v) is 3.40. The van der Waals surface area contributed by atoms with Gasteiger partial charge in [0.25, 0.3) is 5.69 Å². The van der Waals surface area contributed by atoms with Gasteiger partial charge in [0.1, 0.15) is 5.82 Å². The number of aromatic nitrogens is 2. The minimum Gasteiger partial charge on any atom is -0.363 e. The Labute approximate surface area is 175 Å². The summed E-state index contributed by atoms with van der Waals surface area (Å²) in [5.74, 6) is 1.28. The average Bonchev–Trinajstić information content (AvgIpc) is 2.74. The fraction of sp³-hybridized carbons (Fsp3) is 0.381. The van der Waals surface area contributed by atoms with Crippen molar-refractivity contribution in [1.82, 2.24) is 15.3 Å². The maximum atomic E-state index is 12.2. The first-order chi connectivity index (χ1) is 14.4. The van der Waals surface area contributed by atoms with E-state index in [9.17, 15) is 14.9 Å². The first kappa shape index (κ1) is 21.2. The van der Waals surface area contributed by atoms with Crippen molar-refractivity contribution in [2.24, 2.45) is 0 Å². The standard InChI is InChI=1S/C21H26N6O3/c1-26(2)19-12-13-22-21(25-19)24-17-9-7-16(8-10-17)23-20(28)11-6-15-4-3-5-18(14-15)27(29)30/h3-6,11-14,16-17H,7-10H2,1-2H3,(H,23,28)(H,22,24,25). The number of benzene rings is 1. The number of nitro benzene ring substituents is 1. The Balaban J connectivity index is 1.46. The van der Waals surface area contributed by atoms with Gasteiger partial charge in [-0.25, -0.2) is 4.98 Å². The number of rotatable bonds is 7. The highest BCUT2D eigenvalue weighted by Gasteiger charge is 2.22. The largest absolute Gasteiger partial charge is 0.363 e. The number of anilines is 2. The summed E-state index contributed by atoms with van der Waals surface area (Å²) in [6.07, 6.45) is 8.30. The minimum absolute atomic E-state index is 0.00322. The van der Waals surface area contributed by atoms with Crippen molar-refractivity contribution < 1.29 is 9.72 Å². The molecule has 30 heavy (non-hydrogen) atoms. The molecule has 9 nitrogen and oxygen atoms in total. The van der Waals surface area contributed by atoms with Crippen LogP contribution in [0.25, 0.3) is 6.08 Å². The molecule has 0 atom stereocenters. The van der Waals surface area contributed by atoms with Gasteiger partial charge < -0.3 is 15.5 Å². The molecule has 1 amide bonds. The number of carbonyl (C=O) groups excluding carboxylic acids is 1. The van der Waals surface area contributed by atoms with Gasteiger partial charge in [0, 0.05) is 50.6 Å². The molecule has 0 radical (unpaired) electrons. The Morgan fingerprint density at radius 1 is 1.20 bits per heavy atom. The van der Waals surface area contributed by atoms with Gasteiger partial charge in [-0.2, -0.15) is 4.98 Å². The monoisotopic (exact) mass is 410 g/mol. The predicted molar refractivity (Wildman–Crippen MR) is 116 cm³/mol. The van der Waals surface area contributed by atoms with Crippen LogP contribution >= 0.6 is 0 Å². The van der Waals surface area contributed by atoms with E-state index in [-0.39, 0.29) is 23.7 Å². The molecule has 0 aliphatic heterocycles. The molecule has 1 saturated carbocycles. The number of nitrogens with zero attached hydrogens (tertiary/aromatic N) is 4. The summed E-state index contributed by atoms with van der Waals surface area (Å²) in [5, 5.41) is 17.2. The van der Waals surface area contributed by atoms with Crippen LogP contribution in [0.3, 0.4) is 0 Å². The molecule has 2 aromatic rings. The fourth-order valence-electron chi connectivity index (χ4n) is 3.40. The van der Waals surface area contributed by atoms with Crippen LogP contribution in [0.1, 0.15) is 31.2 Å². The van der Waals surface area contributed by atoms with Gasteiger partial charge in [-0.15, -0.1) is 0 Å². The van der Waals surface area contributed by atoms with Gasteiger partial charge in [-0.3, -0.25) is 14.9 Å². The van der Waals surface area contributed by atoms with Crippen molar-refractivity contribution in [2.45, 2.75) is 37.8 Å². The van der Waals surface area contributed by atoms with Gasteiger partial charge in [0.15, 0.2) is 0 Å². The molecule has 1 fully saturated rings. The van der Waals surface area contributed by atoms with E-state index in [0.29, 0.717) is 11.5 Å². The first-order valence-electron chi connectivity index (χ1n) is 9.90. The van der Waals surface area contributed by atoms with Crippen molar-refractivity contribution in [1.29, 1.82) is 0 Å². The summed E-state index contributed by atoms with van der Waals surface area (Å²) in [4.78, 5) is 33.3. The van der Waals surface area contributed by atoms with E-state index >= 15 is 0 Å². The van der Waals surface area contributed by atoms with Crippen molar-refractivity contribution >= 4 is 29.4 Å². The molecular formula is C21H26N6O3. The van der Waals surface area contributed by atoms with Crippen molar-refractivity contribution in [2.75, 3.05) is 24.3 Å². The molecule has 1 aliphatic rings. The maximum absolute atomic E-state index is 12.2. The Hall–Kier alpha value is -3.49. The van der Waals surface area contributed by atoms with Crippen LogP contribution in [0.2, 0.25) is 0 Å². The molecule has 1 heterocycles. The SMILES string of the molecule is CN(C)c1ccnc(NC2CCC(NC(=O)C=Cc3cccc([N+](=O)[O-])c3)CC2)n1. The lowest BCUT2D eigenvalue weighted by Gasteiger charge is -2.29. The van der Waals surface area contributed by atoms with Crippen LogP contribution < -0.4 is 15.5 Å². The Kier molecular flexibility index (Phi) is 6.95. The zero-order chi connectivity index (χ0) is 21.5. The topological polar surface area (TPSA) is 113 Å². The van der Waals surface area contributed by atoms with E-state index in [1.165, 1.54) is 18.2 Å². The second-order valence-corrected chi connectivity index (χ2v) is 7.52. The highest BCUT2D eigenvalue weighted by Crippen LogP contribution is 2.22.